The van der Waals surface area contributed by atoms with E-state index in [9.17, 15) is 14.5 Å². The Morgan fingerprint density at radius 2 is 1.71 bits per heavy atom. The third-order valence-electron chi connectivity index (χ3n) is 2.70. The Bertz CT molecular complexity index is 423. The van der Waals surface area contributed by atoms with E-state index in [1.54, 1.807) is 18.0 Å². The zero-order valence-electron chi connectivity index (χ0n) is 18.2. The Hall–Kier alpha value is -1.35. The van der Waals surface area contributed by atoms with Gasteiger partial charge in [0, 0.05) is 40.7 Å². The second kappa shape index (κ2) is 23.7. The van der Waals surface area contributed by atoms with Gasteiger partial charge in [-0.25, -0.2) is 0 Å². The van der Waals surface area contributed by atoms with Crippen LogP contribution in [-0.2, 0) is 28.3 Å². The zero-order chi connectivity index (χ0) is 22.4. The van der Waals surface area contributed by atoms with E-state index < -0.39 is 26.6 Å². The van der Waals surface area contributed by atoms with E-state index in [1.807, 2.05) is 33.0 Å². The molecule has 166 valence electrons. The number of amides is 2. The molecule has 3 unspecified atom stereocenters. The van der Waals surface area contributed by atoms with Gasteiger partial charge in [0.1, 0.15) is 6.10 Å². The molecule has 9 nitrogen and oxygen atoms in total. The SMILES string of the molecule is CC.CC.COCC(/C=C/P(O)OC)OC(COC)N(C)/C=C\C(=O)NC=O. The van der Waals surface area contributed by atoms with E-state index in [0.29, 0.717) is 6.41 Å². The minimum Gasteiger partial charge on any atom is -0.382 e. The van der Waals surface area contributed by atoms with Crippen molar-refractivity contribution in [2.24, 2.45) is 0 Å². The average Bonchev–Trinajstić information content (AvgIpc) is 2.72. The van der Waals surface area contributed by atoms with Crippen LogP contribution in [0.15, 0.2) is 24.2 Å². The van der Waals surface area contributed by atoms with Crippen molar-refractivity contribution < 1.29 is 33.2 Å². The molecule has 0 radical (unpaired) electrons. The predicted molar refractivity (Wildman–Crippen MR) is 112 cm³/mol. The summed E-state index contributed by atoms with van der Waals surface area (Å²) in [7, 11) is 4.49. The Labute approximate surface area is 170 Å². The standard InChI is InChI=1S/C14H25N2O7P.2C2H6/c1-16(7-5-13(18)15-11-17)14(10-21-3)23-12(9-20-2)6-8-24(19)22-4;2*1-2/h5-8,11-12,14,19H,9-10H2,1-4H3,(H,15,17,18);2*1-2H3/b7-5-,8-6+;;. The van der Waals surface area contributed by atoms with Gasteiger partial charge in [-0.15, -0.1) is 0 Å². The number of rotatable bonds is 13. The number of likely N-dealkylation sites (N-methyl/N-ethyl adjacent to an activating group) is 1. The van der Waals surface area contributed by atoms with Crippen LogP contribution in [0.5, 0.6) is 0 Å². The molecule has 0 aliphatic carbocycles. The Morgan fingerprint density at radius 1 is 1.14 bits per heavy atom. The van der Waals surface area contributed by atoms with Crippen molar-refractivity contribution in [3.05, 3.63) is 24.2 Å². The van der Waals surface area contributed by atoms with E-state index in [2.05, 4.69) is 0 Å². The maximum atomic E-state index is 11.3. The molecule has 0 aromatic heterocycles. The van der Waals surface area contributed by atoms with E-state index >= 15 is 0 Å². The van der Waals surface area contributed by atoms with Gasteiger partial charge in [-0.3, -0.25) is 14.9 Å². The summed E-state index contributed by atoms with van der Waals surface area (Å²) >= 11 is 0. The molecule has 0 aliphatic rings. The zero-order valence-corrected chi connectivity index (χ0v) is 19.1. The second-order valence-electron chi connectivity index (χ2n) is 4.47. The van der Waals surface area contributed by atoms with Crippen molar-refractivity contribution in [2.75, 3.05) is 41.6 Å². The summed E-state index contributed by atoms with van der Waals surface area (Å²) in [5.74, 6) is 0.948. The van der Waals surface area contributed by atoms with Crippen LogP contribution in [-0.4, -0.2) is 76.0 Å². The van der Waals surface area contributed by atoms with Gasteiger partial charge in [-0.1, -0.05) is 27.7 Å². The first-order valence-electron chi connectivity index (χ1n) is 8.96. The number of methoxy groups -OCH3 is 2. The molecule has 3 atom stereocenters. The van der Waals surface area contributed by atoms with Crippen molar-refractivity contribution in [3.8, 4) is 0 Å². The molecule has 2 N–H and O–H groups in total. The quantitative estimate of drug-likeness (QED) is 0.201. The van der Waals surface area contributed by atoms with Gasteiger partial charge in [0.25, 0.3) is 5.91 Å². The lowest BCUT2D eigenvalue weighted by molar-refractivity contribution is -0.122. The first-order valence-corrected chi connectivity index (χ1v) is 10.2. The average molecular weight is 424 g/mol. The van der Waals surface area contributed by atoms with Crippen LogP contribution < -0.4 is 5.32 Å². The fraction of sp³-hybridized carbons (Fsp3) is 0.667. The number of nitrogens with zero attached hydrogens (tertiary/aromatic N) is 1. The van der Waals surface area contributed by atoms with Crippen LogP contribution in [0.1, 0.15) is 27.7 Å². The summed E-state index contributed by atoms with van der Waals surface area (Å²) < 4.78 is 20.8. The molecule has 0 fully saturated rings. The highest BCUT2D eigenvalue weighted by Gasteiger charge is 2.18. The molecular formula is C18H37N2O7P. The number of ether oxygens (including phenoxy) is 3. The van der Waals surface area contributed by atoms with Crippen LogP contribution >= 0.6 is 8.38 Å². The van der Waals surface area contributed by atoms with Gasteiger partial charge in [-0.2, -0.15) is 0 Å². The fourth-order valence-electron chi connectivity index (χ4n) is 1.52. The molecule has 0 aromatic carbocycles. The van der Waals surface area contributed by atoms with Crippen molar-refractivity contribution in [2.45, 2.75) is 40.0 Å². The van der Waals surface area contributed by atoms with Crippen molar-refractivity contribution in [1.82, 2.24) is 10.2 Å². The summed E-state index contributed by atoms with van der Waals surface area (Å²) in [5.41, 5.74) is 0. The van der Waals surface area contributed by atoms with Crippen LogP contribution in [0.3, 0.4) is 0 Å². The van der Waals surface area contributed by atoms with Crippen LogP contribution in [0, 0.1) is 0 Å². The summed E-state index contributed by atoms with van der Waals surface area (Å²) in [5, 5.41) is 2.00. The first-order chi connectivity index (χ1) is 13.5. The smallest absolute Gasteiger partial charge is 0.251 e. The predicted octanol–water partition coefficient (Wildman–Crippen LogP) is 2.23. The van der Waals surface area contributed by atoms with Crippen molar-refractivity contribution in [1.29, 1.82) is 0 Å². The molecule has 0 aliphatic heterocycles. The van der Waals surface area contributed by atoms with Gasteiger partial charge >= 0.3 is 0 Å². The normalized spacial score (nSPS) is 13.6. The van der Waals surface area contributed by atoms with Crippen molar-refractivity contribution >= 4 is 20.7 Å². The highest BCUT2D eigenvalue weighted by atomic mass is 31.2. The Balaban J connectivity index is -0.00000146. The lowest BCUT2D eigenvalue weighted by Gasteiger charge is -2.29. The molecule has 0 heterocycles. The molecule has 2 amide bonds. The Morgan fingerprint density at radius 3 is 2.18 bits per heavy atom. The van der Waals surface area contributed by atoms with Crippen LogP contribution in [0.2, 0.25) is 0 Å². The number of carbonyl (C=O) groups excluding carboxylic acids is 2. The molecule has 0 rings (SSSR count). The summed E-state index contributed by atoms with van der Waals surface area (Å²) in [6.45, 7) is 8.48. The summed E-state index contributed by atoms with van der Waals surface area (Å²) in [6, 6.07) is 0. The highest BCUT2D eigenvalue weighted by Crippen LogP contribution is 2.31. The number of hydrogen-bond acceptors (Lipinski definition) is 8. The Kier molecular flexibility index (Phi) is 26.5. The van der Waals surface area contributed by atoms with E-state index in [0.717, 1.165) is 0 Å². The largest absolute Gasteiger partial charge is 0.382 e. The van der Waals surface area contributed by atoms with Crippen molar-refractivity contribution in [3.63, 3.8) is 0 Å². The molecule has 0 saturated heterocycles. The molecule has 0 saturated carbocycles. The lowest BCUT2D eigenvalue weighted by atomic mass is 10.3. The maximum Gasteiger partial charge on any atom is 0.251 e. The molecule has 0 bridgehead atoms. The van der Waals surface area contributed by atoms with Gasteiger partial charge < -0.3 is 28.5 Å². The minimum absolute atomic E-state index is 0.225. The lowest BCUT2D eigenvalue weighted by Crippen LogP contribution is -2.38. The molecular weight excluding hydrogens is 387 g/mol. The van der Waals surface area contributed by atoms with E-state index in [1.165, 1.54) is 39.4 Å². The van der Waals surface area contributed by atoms with Gasteiger partial charge in [0.2, 0.25) is 6.41 Å². The van der Waals surface area contributed by atoms with E-state index in [4.69, 9.17) is 18.7 Å². The van der Waals surface area contributed by atoms with Gasteiger partial charge in [0.15, 0.2) is 14.6 Å². The first kappa shape index (κ1) is 31.3. The van der Waals surface area contributed by atoms with Crippen LogP contribution in [0.4, 0.5) is 0 Å². The van der Waals surface area contributed by atoms with Gasteiger partial charge in [-0.05, 0) is 11.9 Å². The number of hydrogen-bond donors (Lipinski definition) is 2. The minimum atomic E-state index is -1.65. The fourth-order valence-corrected chi connectivity index (χ4v) is 1.98. The molecule has 0 spiro atoms. The van der Waals surface area contributed by atoms with E-state index in [-0.39, 0.29) is 13.2 Å². The third-order valence-corrected chi connectivity index (χ3v) is 3.51. The third kappa shape index (κ3) is 18.0. The second-order valence-corrected chi connectivity index (χ2v) is 5.74. The molecule has 10 heteroatoms. The maximum absolute atomic E-state index is 11.3. The van der Waals surface area contributed by atoms with Gasteiger partial charge in [0.05, 0.1) is 13.2 Å². The molecule has 0 aromatic rings. The highest BCUT2D eigenvalue weighted by molar-refractivity contribution is 7.49. The summed E-state index contributed by atoms with van der Waals surface area (Å²) in [6.07, 6.45) is 3.62. The number of nitrogens with one attached hydrogen (secondary N) is 1. The number of carbonyl (C=O) groups is 2. The summed E-state index contributed by atoms with van der Waals surface area (Å²) in [4.78, 5) is 32.5. The number of imide groups is 1. The monoisotopic (exact) mass is 424 g/mol. The van der Waals surface area contributed by atoms with Crippen LogP contribution in [0.25, 0.3) is 0 Å². The topological polar surface area (TPSA) is 107 Å². The molecule has 28 heavy (non-hydrogen) atoms.